The predicted octanol–water partition coefficient (Wildman–Crippen LogP) is 3.73. The summed E-state index contributed by atoms with van der Waals surface area (Å²) in [7, 11) is -2.30. The van der Waals surface area contributed by atoms with E-state index in [0.717, 1.165) is 0 Å². The van der Waals surface area contributed by atoms with E-state index < -0.39 is 8.25 Å². The van der Waals surface area contributed by atoms with Gasteiger partial charge in [0.2, 0.25) is 0 Å². The molecule has 6 heteroatoms. The lowest BCUT2D eigenvalue weighted by atomic mass is 10.3. The van der Waals surface area contributed by atoms with Crippen molar-refractivity contribution in [1.82, 2.24) is 0 Å². The zero-order valence-electron chi connectivity index (χ0n) is 9.45. The van der Waals surface area contributed by atoms with Crippen molar-refractivity contribution in [2.24, 2.45) is 0 Å². The van der Waals surface area contributed by atoms with Gasteiger partial charge in [0.25, 0.3) is 0 Å². The maximum absolute atomic E-state index is 11.4. The third kappa shape index (κ3) is 4.14. The largest absolute Gasteiger partial charge is 0.746 e. The maximum atomic E-state index is 11.4. The zero-order chi connectivity index (χ0) is 12.6. The Morgan fingerprint density at radius 3 is 1.50 bits per heavy atom. The second-order valence-corrected chi connectivity index (χ2v) is 4.15. The summed E-state index contributed by atoms with van der Waals surface area (Å²) in [6.45, 7) is 0. The molecule has 0 bridgehead atoms. The van der Waals surface area contributed by atoms with Crippen LogP contribution in [0.1, 0.15) is 0 Å². The molecule has 0 unspecified atom stereocenters. The summed E-state index contributed by atoms with van der Waals surface area (Å²) in [5.41, 5.74) is 6.46. The molecule has 0 heterocycles. The van der Waals surface area contributed by atoms with Crippen LogP contribution < -0.4 is 11.0 Å². The molecule has 0 amide bonds. The second-order valence-electron chi connectivity index (χ2n) is 3.34. The van der Waals surface area contributed by atoms with E-state index in [1.807, 2.05) is 36.4 Å². The van der Waals surface area contributed by atoms with Crippen LogP contribution in [-0.4, -0.2) is 0 Å². The molecular weight excluding hydrogens is 251 g/mol. The molecule has 2 rings (SSSR count). The first-order valence-electron chi connectivity index (χ1n) is 5.28. The SMILES string of the molecule is O=[P+](ONc1ccccc1)ONc1ccccc1. The minimum atomic E-state index is -2.30. The number of para-hydroxylation sites is 2. The van der Waals surface area contributed by atoms with Crippen molar-refractivity contribution in [2.45, 2.75) is 0 Å². The van der Waals surface area contributed by atoms with Crippen LogP contribution >= 0.6 is 8.25 Å². The Balaban J connectivity index is 1.73. The molecule has 92 valence electrons. The molecule has 0 aromatic heterocycles. The van der Waals surface area contributed by atoms with Crippen LogP contribution in [0.5, 0.6) is 0 Å². The van der Waals surface area contributed by atoms with Crippen LogP contribution in [0.25, 0.3) is 0 Å². The molecule has 0 fully saturated rings. The zero-order valence-corrected chi connectivity index (χ0v) is 10.3. The third-order valence-electron chi connectivity index (χ3n) is 2.02. The van der Waals surface area contributed by atoms with Gasteiger partial charge in [-0.25, -0.2) is 11.0 Å². The monoisotopic (exact) mass is 263 g/mol. The smallest absolute Gasteiger partial charge is 0.215 e. The molecule has 0 aliphatic heterocycles. The van der Waals surface area contributed by atoms with Gasteiger partial charge in [-0.05, 0) is 24.3 Å². The molecule has 0 atom stereocenters. The van der Waals surface area contributed by atoms with Crippen molar-refractivity contribution in [3.63, 3.8) is 0 Å². The Kier molecular flexibility index (Phi) is 4.67. The highest BCUT2D eigenvalue weighted by Gasteiger charge is 2.22. The molecule has 0 aliphatic rings. The van der Waals surface area contributed by atoms with E-state index in [4.69, 9.17) is 9.25 Å². The van der Waals surface area contributed by atoms with Crippen LogP contribution in [-0.2, 0) is 13.8 Å². The molecular formula is C12H12N2O3P+. The summed E-state index contributed by atoms with van der Waals surface area (Å²) in [5, 5.41) is 0. The summed E-state index contributed by atoms with van der Waals surface area (Å²) in [5.74, 6) is 0. The summed E-state index contributed by atoms with van der Waals surface area (Å²) < 4.78 is 21.0. The van der Waals surface area contributed by atoms with E-state index in [-0.39, 0.29) is 0 Å². The fourth-order valence-corrected chi connectivity index (χ4v) is 1.61. The van der Waals surface area contributed by atoms with Crippen LogP contribution in [0, 0.1) is 0 Å². The van der Waals surface area contributed by atoms with Crippen LogP contribution in [0.3, 0.4) is 0 Å². The normalized spacial score (nSPS) is 9.78. The van der Waals surface area contributed by atoms with Crippen LogP contribution in [0.15, 0.2) is 60.7 Å². The fraction of sp³-hybridized carbons (Fsp3) is 0. The summed E-state index contributed by atoms with van der Waals surface area (Å²) in [6, 6.07) is 18.2. The van der Waals surface area contributed by atoms with Gasteiger partial charge >= 0.3 is 8.25 Å². The van der Waals surface area contributed by atoms with Gasteiger partial charge < -0.3 is 0 Å². The van der Waals surface area contributed by atoms with Crippen molar-refractivity contribution < 1.29 is 13.8 Å². The highest BCUT2D eigenvalue weighted by molar-refractivity contribution is 7.33. The van der Waals surface area contributed by atoms with E-state index >= 15 is 0 Å². The van der Waals surface area contributed by atoms with E-state index in [1.54, 1.807) is 24.3 Å². The van der Waals surface area contributed by atoms with Crippen molar-refractivity contribution in [1.29, 1.82) is 0 Å². The molecule has 18 heavy (non-hydrogen) atoms. The highest BCUT2D eigenvalue weighted by Crippen LogP contribution is 2.25. The van der Waals surface area contributed by atoms with Crippen molar-refractivity contribution in [2.75, 3.05) is 11.0 Å². The number of hydrogen-bond donors (Lipinski definition) is 2. The van der Waals surface area contributed by atoms with Crippen molar-refractivity contribution >= 4 is 19.6 Å². The summed E-state index contributed by atoms with van der Waals surface area (Å²) in [6.07, 6.45) is 0. The van der Waals surface area contributed by atoms with E-state index in [0.29, 0.717) is 11.4 Å². The minimum absolute atomic E-state index is 0.698. The lowest BCUT2D eigenvalue weighted by Gasteiger charge is -1.98. The Morgan fingerprint density at radius 2 is 1.11 bits per heavy atom. The number of anilines is 2. The lowest BCUT2D eigenvalue weighted by Crippen LogP contribution is -1.99. The van der Waals surface area contributed by atoms with Gasteiger partial charge in [0, 0.05) is 13.8 Å². The lowest BCUT2D eigenvalue weighted by molar-refractivity contribution is 0.296. The quantitative estimate of drug-likeness (QED) is 0.614. The average molecular weight is 263 g/mol. The molecule has 0 spiro atoms. The Hall–Kier alpha value is -1.94. The van der Waals surface area contributed by atoms with E-state index in [1.165, 1.54) is 0 Å². The van der Waals surface area contributed by atoms with Gasteiger partial charge in [0.15, 0.2) is 0 Å². The molecule has 5 nitrogen and oxygen atoms in total. The number of rotatable bonds is 6. The summed E-state index contributed by atoms with van der Waals surface area (Å²) >= 11 is 0. The molecule has 0 saturated carbocycles. The van der Waals surface area contributed by atoms with Gasteiger partial charge in [-0.15, -0.1) is 0 Å². The summed E-state index contributed by atoms with van der Waals surface area (Å²) in [4.78, 5) is 0. The Bertz CT molecular complexity index is 448. The first-order chi connectivity index (χ1) is 8.84. The van der Waals surface area contributed by atoms with Gasteiger partial charge in [0.1, 0.15) is 0 Å². The van der Waals surface area contributed by atoms with Gasteiger partial charge in [-0.2, -0.15) is 0 Å². The van der Waals surface area contributed by atoms with Gasteiger partial charge in [0.05, 0.1) is 11.4 Å². The number of benzene rings is 2. The third-order valence-corrected chi connectivity index (χ3v) is 2.50. The first-order valence-corrected chi connectivity index (χ1v) is 6.37. The van der Waals surface area contributed by atoms with Gasteiger partial charge in [-0.3, -0.25) is 0 Å². The minimum Gasteiger partial charge on any atom is -0.215 e. The topological polar surface area (TPSA) is 59.6 Å². The van der Waals surface area contributed by atoms with E-state index in [2.05, 4.69) is 11.0 Å². The highest BCUT2D eigenvalue weighted by atomic mass is 31.1. The molecule has 0 radical (unpaired) electrons. The molecule has 0 saturated heterocycles. The van der Waals surface area contributed by atoms with E-state index in [9.17, 15) is 4.57 Å². The number of nitrogens with one attached hydrogen (secondary N) is 2. The first kappa shape index (κ1) is 12.5. The Morgan fingerprint density at radius 1 is 0.722 bits per heavy atom. The molecule has 0 aliphatic carbocycles. The van der Waals surface area contributed by atoms with Crippen LogP contribution in [0.4, 0.5) is 11.4 Å². The number of hydrogen-bond acceptors (Lipinski definition) is 5. The second kappa shape index (κ2) is 6.71. The standard InChI is InChI=1S/C12H12N2O3P/c15-18(16-13-11-7-3-1-4-8-11)17-14-12-9-5-2-6-10-12/h1-10,13-14H/q+1. The average Bonchev–Trinajstić information content (AvgIpc) is 2.45. The van der Waals surface area contributed by atoms with Crippen LogP contribution in [0.2, 0.25) is 0 Å². The predicted molar refractivity (Wildman–Crippen MR) is 69.9 cm³/mol. The molecule has 2 N–H and O–H groups in total. The van der Waals surface area contributed by atoms with Gasteiger partial charge in [-0.1, -0.05) is 36.4 Å². The Labute approximate surface area is 106 Å². The fourth-order valence-electron chi connectivity index (χ4n) is 1.21. The molecule has 2 aromatic rings. The maximum Gasteiger partial charge on any atom is 0.746 e. The van der Waals surface area contributed by atoms with Crippen molar-refractivity contribution in [3.05, 3.63) is 60.7 Å². The molecule has 2 aromatic carbocycles. The van der Waals surface area contributed by atoms with Crippen molar-refractivity contribution in [3.8, 4) is 0 Å².